The van der Waals surface area contributed by atoms with E-state index in [-0.39, 0.29) is 24.7 Å². The molecule has 2 atom stereocenters. The molecule has 2 aromatic rings. The Morgan fingerprint density at radius 3 is 2.40 bits per heavy atom. The van der Waals surface area contributed by atoms with Crippen molar-refractivity contribution in [3.05, 3.63) is 71.3 Å². The largest absolute Gasteiger partial charge is 0.392 e. The Bertz CT molecular complexity index is 725. The van der Waals surface area contributed by atoms with Crippen LogP contribution in [0.1, 0.15) is 40.4 Å². The lowest BCUT2D eigenvalue weighted by atomic mass is 10.0. The van der Waals surface area contributed by atoms with Crippen LogP contribution < -0.4 is 0 Å². The van der Waals surface area contributed by atoms with E-state index in [0.717, 1.165) is 11.1 Å². The van der Waals surface area contributed by atoms with Crippen LogP contribution in [0.5, 0.6) is 0 Å². The minimum atomic E-state index is -0.0683. The van der Waals surface area contributed by atoms with Crippen LogP contribution in [0.4, 0.5) is 0 Å². The third kappa shape index (κ3) is 3.60. The lowest BCUT2D eigenvalue weighted by molar-refractivity contribution is -0.0864. The van der Waals surface area contributed by atoms with Gasteiger partial charge in [0, 0.05) is 12.1 Å². The maximum absolute atomic E-state index is 13.0. The minimum Gasteiger partial charge on any atom is -0.392 e. The molecule has 25 heavy (non-hydrogen) atoms. The molecule has 4 heteroatoms. The summed E-state index contributed by atoms with van der Waals surface area (Å²) in [5.74, 6) is 0.623. The molecule has 4 nitrogen and oxygen atoms in total. The number of benzene rings is 2. The maximum Gasteiger partial charge on any atom is 0.254 e. The average molecular weight is 337 g/mol. The molecule has 1 amide bonds. The number of rotatable bonds is 4. The number of ether oxygens (including phenoxy) is 1. The Morgan fingerprint density at radius 1 is 1.04 bits per heavy atom. The second kappa shape index (κ2) is 6.98. The maximum atomic E-state index is 13.0. The normalized spacial score (nSPS) is 23.5. The van der Waals surface area contributed by atoms with Crippen LogP contribution >= 0.6 is 0 Å². The van der Waals surface area contributed by atoms with Gasteiger partial charge >= 0.3 is 0 Å². The topological polar surface area (TPSA) is 49.8 Å². The number of amides is 1. The molecular formula is C21H23NO3. The highest BCUT2D eigenvalue weighted by molar-refractivity contribution is 5.94. The Morgan fingerprint density at radius 2 is 1.76 bits per heavy atom. The van der Waals surface area contributed by atoms with Crippen molar-refractivity contribution < 1.29 is 14.6 Å². The third-order valence-electron chi connectivity index (χ3n) is 5.12. The summed E-state index contributed by atoms with van der Waals surface area (Å²) < 4.78 is 6.32. The van der Waals surface area contributed by atoms with Gasteiger partial charge < -0.3 is 14.7 Å². The van der Waals surface area contributed by atoms with Gasteiger partial charge in [-0.2, -0.15) is 0 Å². The zero-order valence-electron chi connectivity index (χ0n) is 14.2. The van der Waals surface area contributed by atoms with Gasteiger partial charge in [-0.05, 0) is 42.0 Å². The van der Waals surface area contributed by atoms with Crippen LogP contribution in [0.2, 0.25) is 0 Å². The highest BCUT2D eigenvalue weighted by Crippen LogP contribution is 2.39. The van der Waals surface area contributed by atoms with Crippen LogP contribution in [0.25, 0.3) is 0 Å². The zero-order chi connectivity index (χ0) is 17.2. The number of hydrogen-bond donors (Lipinski definition) is 1. The molecule has 1 saturated carbocycles. The van der Waals surface area contributed by atoms with Crippen molar-refractivity contribution in [2.45, 2.75) is 31.7 Å². The van der Waals surface area contributed by atoms with Crippen LogP contribution in [0, 0.1) is 5.92 Å². The fourth-order valence-corrected chi connectivity index (χ4v) is 3.47. The Labute approximate surface area is 148 Å². The van der Waals surface area contributed by atoms with E-state index in [4.69, 9.17) is 9.84 Å². The Hall–Kier alpha value is -2.17. The molecule has 2 fully saturated rings. The lowest BCUT2D eigenvalue weighted by Gasteiger charge is -2.38. The number of aliphatic hydroxyl groups is 1. The molecule has 4 rings (SSSR count). The van der Waals surface area contributed by atoms with Crippen molar-refractivity contribution in [2.75, 3.05) is 13.1 Å². The first-order valence-electron chi connectivity index (χ1n) is 8.94. The smallest absolute Gasteiger partial charge is 0.254 e. The van der Waals surface area contributed by atoms with Crippen molar-refractivity contribution in [3.63, 3.8) is 0 Å². The van der Waals surface area contributed by atoms with Crippen molar-refractivity contribution in [3.8, 4) is 0 Å². The number of hydrogen-bond acceptors (Lipinski definition) is 3. The van der Waals surface area contributed by atoms with Gasteiger partial charge in [0.15, 0.2) is 0 Å². The van der Waals surface area contributed by atoms with Crippen LogP contribution in [-0.4, -0.2) is 35.1 Å². The van der Waals surface area contributed by atoms with Gasteiger partial charge in [-0.15, -0.1) is 0 Å². The standard InChI is InChI=1S/C21H23NO3/c23-14-15-6-8-18(9-7-15)21(24)22-12-19(16-4-2-1-3-5-16)25-20(13-22)17-10-11-17/h1-9,17,19-20,23H,10-14H2/t19-,20+/m0/s1. The van der Waals surface area contributed by atoms with Crippen LogP contribution in [0.3, 0.4) is 0 Å². The molecule has 1 saturated heterocycles. The quantitative estimate of drug-likeness (QED) is 0.932. The highest BCUT2D eigenvalue weighted by atomic mass is 16.5. The van der Waals surface area contributed by atoms with E-state index in [1.165, 1.54) is 12.8 Å². The summed E-state index contributed by atoms with van der Waals surface area (Å²) in [5, 5.41) is 9.17. The zero-order valence-corrected chi connectivity index (χ0v) is 14.2. The highest BCUT2D eigenvalue weighted by Gasteiger charge is 2.40. The van der Waals surface area contributed by atoms with E-state index in [0.29, 0.717) is 24.6 Å². The SMILES string of the molecule is O=C(c1ccc(CO)cc1)N1C[C@@H](c2ccccc2)O[C@@H](C2CC2)C1. The van der Waals surface area contributed by atoms with Crippen molar-refractivity contribution in [1.82, 2.24) is 4.90 Å². The van der Waals surface area contributed by atoms with E-state index in [2.05, 4.69) is 12.1 Å². The van der Waals surface area contributed by atoms with Crippen LogP contribution in [-0.2, 0) is 11.3 Å². The number of nitrogens with zero attached hydrogens (tertiary/aromatic N) is 1. The van der Waals surface area contributed by atoms with E-state index in [9.17, 15) is 4.79 Å². The van der Waals surface area contributed by atoms with Gasteiger partial charge in [-0.1, -0.05) is 42.5 Å². The van der Waals surface area contributed by atoms with E-state index < -0.39 is 0 Å². The molecule has 0 radical (unpaired) electrons. The second-order valence-electron chi connectivity index (χ2n) is 6.98. The average Bonchev–Trinajstić information content (AvgIpc) is 3.53. The van der Waals surface area contributed by atoms with E-state index in [1.54, 1.807) is 24.3 Å². The van der Waals surface area contributed by atoms with Gasteiger partial charge in [-0.3, -0.25) is 4.79 Å². The monoisotopic (exact) mass is 337 g/mol. The predicted molar refractivity (Wildman–Crippen MR) is 95.0 cm³/mol. The summed E-state index contributed by atoms with van der Waals surface area (Å²) in [6.07, 6.45) is 2.44. The molecule has 0 unspecified atom stereocenters. The molecule has 0 bridgehead atoms. The molecule has 130 valence electrons. The van der Waals surface area contributed by atoms with Gasteiger partial charge in [0.25, 0.3) is 5.91 Å². The molecule has 2 aliphatic rings. The summed E-state index contributed by atoms with van der Waals surface area (Å²) >= 11 is 0. The lowest BCUT2D eigenvalue weighted by Crippen LogP contribution is -2.47. The molecule has 0 aromatic heterocycles. The van der Waals surface area contributed by atoms with Gasteiger partial charge in [0.1, 0.15) is 6.10 Å². The fourth-order valence-electron chi connectivity index (χ4n) is 3.47. The minimum absolute atomic E-state index is 0.00808. The van der Waals surface area contributed by atoms with E-state index in [1.807, 2.05) is 23.1 Å². The number of morpholine rings is 1. The van der Waals surface area contributed by atoms with Gasteiger partial charge in [-0.25, -0.2) is 0 Å². The Balaban J connectivity index is 1.55. The summed E-state index contributed by atoms with van der Waals surface area (Å²) in [4.78, 5) is 14.9. The predicted octanol–water partition coefficient (Wildman–Crippen LogP) is 3.17. The van der Waals surface area contributed by atoms with Crippen molar-refractivity contribution in [1.29, 1.82) is 0 Å². The first-order chi connectivity index (χ1) is 12.2. The second-order valence-corrected chi connectivity index (χ2v) is 6.98. The first kappa shape index (κ1) is 16.3. The fraction of sp³-hybridized carbons (Fsp3) is 0.381. The number of carbonyl (C=O) groups excluding carboxylic acids is 1. The summed E-state index contributed by atoms with van der Waals surface area (Å²) in [5.41, 5.74) is 2.61. The summed E-state index contributed by atoms with van der Waals surface area (Å²) in [6, 6.07) is 17.4. The summed E-state index contributed by atoms with van der Waals surface area (Å²) in [7, 11) is 0. The van der Waals surface area contributed by atoms with Gasteiger partial charge in [0.2, 0.25) is 0 Å². The van der Waals surface area contributed by atoms with Crippen molar-refractivity contribution in [2.24, 2.45) is 5.92 Å². The number of carbonyl (C=O) groups is 1. The molecule has 1 aliphatic carbocycles. The molecular weight excluding hydrogens is 314 g/mol. The number of aliphatic hydroxyl groups excluding tert-OH is 1. The molecule has 0 spiro atoms. The molecule has 1 aliphatic heterocycles. The van der Waals surface area contributed by atoms with Crippen molar-refractivity contribution >= 4 is 5.91 Å². The third-order valence-corrected chi connectivity index (χ3v) is 5.12. The van der Waals surface area contributed by atoms with Gasteiger partial charge in [0.05, 0.1) is 19.3 Å². The molecule has 2 aromatic carbocycles. The summed E-state index contributed by atoms with van der Waals surface area (Å²) in [6.45, 7) is 1.23. The molecule has 1 heterocycles. The first-order valence-corrected chi connectivity index (χ1v) is 8.94. The van der Waals surface area contributed by atoms with E-state index >= 15 is 0 Å². The molecule has 1 N–H and O–H groups in total. The van der Waals surface area contributed by atoms with Crippen LogP contribution in [0.15, 0.2) is 54.6 Å². The Kier molecular flexibility index (Phi) is 4.55.